The Morgan fingerprint density at radius 2 is 1.86 bits per heavy atom. The van der Waals surface area contributed by atoms with Gasteiger partial charge in [0.25, 0.3) is 0 Å². The molecule has 0 radical (unpaired) electrons. The molecule has 2 aromatic rings. The summed E-state index contributed by atoms with van der Waals surface area (Å²) in [5.74, 6) is 0. The maximum atomic E-state index is 6.29. The van der Waals surface area contributed by atoms with E-state index in [-0.39, 0.29) is 5.54 Å². The minimum absolute atomic E-state index is 0.0544. The van der Waals surface area contributed by atoms with Crippen molar-refractivity contribution in [2.45, 2.75) is 24.9 Å². The van der Waals surface area contributed by atoms with Crippen LogP contribution in [0.1, 0.15) is 24.0 Å². The number of hydrogen-bond acceptors (Lipinski definition) is 2. The molecule has 0 saturated carbocycles. The minimum atomic E-state index is -0.0544. The Bertz CT molecular complexity index is 640. The molecule has 116 valence electrons. The number of benzene rings is 2. The fraction of sp³-hybridized carbons (Fsp3) is 0.333. The predicted molar refractivity (Wildman–Crippen MR) is 94.2 cm³/mol. The number of hydrogen-bond donors (Lipinski definition) is 1. The van der Waals surface area contributed by atoms with Crippen molar-refractivity contribution in [3.05, 3.63) is 69.2 Å². The van der Waals surface area contributed by atoms with E-state index in [2.05, 4.69) is 51.6 Å². The first kappa shape index (κ1) is 16.0. The Kier molecular flexibility index (Phi) is 5.19. The van der Waals surface area contributed by atoms with Crippen LogP contribution in [-0.2, 0) is 16.8 Å². The summed E-state index contributed by atoms with van der Waals surface area (Å²) in [6, 6.07) is 16.5. The quantitative estimate of drug-likeness (QED) is 0.814. The summed E-state index contributed by atoms with van der Waals surface area (Å²) >= 11 is 9.87. The molecule has 0 amide bonds. The van der Waals surface area contributed by atoms with E-state index in [0.29, 0.717) is 0 Å². The van der Waals surface area contributed by atoms with Crippen LogP contribution in [0.2, 0.25) is 5.02 Å². The summed E-state index contributed by atoms with van der Waals surface area (Å²) in [5, 5.41) is 4.56. The third kappa shape index (κ3) is 3.54. The maximum Gasteiger partial charge on any atom is 0.0486 e. The van der Waals surface area contributed by atoms with E-state index >= 15 is 0 Å². The van der Waals surface area contributed by atoms with Crippen LogP contribution >= 0.6 is 27.5 Å². The van der Waals surface area contributed by atoms with Gasteiger partial charge in [0, 0.05) is 34.8 Å². The molecule has 1 N–H and O–H groups in total. The highest BCUT2D eigenvalue weighted by Crippen LogP contribution is 2.34. The van der Waals surface area contributed by atoms with Gasteiger partial charge in [-0.1, -0.05) is 57.9 Å². The van der Waals surface area contributed by atoms with Crippen LogP contribution in [0, 0.1) is 0 Å². The molecule has 1 aliphatic heterocycles. The van der Waals surface area contributed by atoms with Crippen LogP contribution in [0.25, 0.3) is 0 Å². The van der Waals surface area contributed by atoms with Gasteiger partial charge in [0.15, 0.2) is 0 Å². The molecule has 0 spiro atoms. The van der Waals surface area contributed by atoms with E-state index in [4.69, 9.17) is 16.3 Å². The summed E-state index contributed by atoms with van der Waals surface area (Å²) in [6.07, 6.45) is 1.93. The second-order valence-electron chi connectivity index (χ2n) is 5.65. The topological polar surface area (TPSA) is 21.3 Å². The van der Waals surface area contributed by atoms with E-state index in [0.717, 1.165) is 47.7 Å². The molecule has 2 nitrogen and oxygen atoms in total. The van der Waals surface area contributed by atoms with E-state index < -0.39 is 0 Å². The van der Waals surface area contributed by atoms with E-state index in [1.54, 1.807) is 0 Å². The Morgan fingerprint density at radius 1 is 1.09 bits per heavy atom. The van der Waals surface area contributed by atoms with Crippen LogP contribution < -0.4 is 5.32 Å². The van der Waals surface area contributed by atoms with Gasteiger partial charge in [-0.3, -0.25) is 0 Å². The summed E-state index contributed by atoms with van der Waals surface area (Å²) < 4.78 is 6.68. The zero-order chi connectivity index (χ0) is 15.4. The highest BCUT2D eigenvalue weighted by atomic mass is 79.9. The van der Waals surface area contributed by atoms with Crippen molar-refractivity contribution in [1.29, 1.82) is 0 Å². The van der Waals surface area contributed by atoms with Crippen molar-refractivity contribution >= 4 is 27.5 Å². The maximum absolute atomic E-state index is 6.29. The average molecular weight is 381 g/mol. The first-order valence-corrected chi connectivity index (χ1v) is 8.69. The molecule has 0 aromatic heterocycles. The van der Waals surface area contributed by atoms with Crippen molar-refractivity contribution in [2.75, 3.05) is 13.2 Å². The van der Waals surface area contributed by atoms with Crippen LogP contribution in [0.3, 0.4) is 0 Å². The molecule has 0 unspecified atom stereocenters. The molecule has 1 fully saturated rings. The highest BCUT2D eigenvalue weighted by molar-refractivity contribution is 9.10. The van der Waals surface area contributed by atoms with Gasteiger partial charge in [0.2, 0.25) is 0 Å². The second kappa shape index (κ2) is 7.14. The smallest absolute Gasteiger partial charge is 0.0486 e. The molecule has 3 rings (SSSR count). The standard InChI is InChI=1S/C18H19BrClNO/c19-16-6-3-5-15(12-16)18(8-10-22-11-9-18)21-13-14-4-1-2-7-17(14)20/h1-7,12,21H,8-11,13H2. The number of nitrogens with one attached hydrogen (secondary N) is 1. The average Bonchev–Trinajstić information content (AvgIpc) is 2.55. The fourth-order valence-electron chi connectivity index (χ4n) is 2.98. The third-order valence-corrected chi connectivity index (χ3v) is 5.16. The Balaban J connectivity index is 1.85. The lowest BCUT2D eigenvalue weighted by Crippen LogP contribution is -2.46. The molecule has 2 aromatic carbocycles. The van der Waals surface area contributed by atoms with Crippen LogP contribution in [0.4, 0.5) is 0 Å². The van der Waals surface area contributed by atoms with Crippen molar-refractivity contribution < 1.29 is 4.74 Å². The lowest BCUT2D eigenvalue weighted by Gasteiger charge is -2.39. The van der Waals surface area contributed by atoms with Gasteiger partial charge in [-0.05, 0) is 42.2 Å². The molecule has 4 heteroatoms. The van der Waals surface area contributed by atoms with E-state index in [1.807, 2.05) is 18.2 Å². The molecular weight excluding hydrogens is 362 g/mol. The van der Waals surface area contributed by atoms with E-state index in [9.17, 15) is 0 Å². The predicted octanol–water partition coefficient (Wildman–Crippen LogP) is 4.90. The summed E-state index contributed by atoms with van der Waals surface area (Å²) in [7, 11) is 0. The molecule has 1 aliphatic rings. The fourth-order valence-corrected chi connectivity index (χ4v) is 3.58. The van der Waals surface area contributed by atoms with Crippen molar-refractivity contribution in [3.63, 3.8) is 0 Å². The van der Waals surface area contributed by atoms with E-state index in [1.165, 1.54) is 5.56 Å². The summed E-state index contributed by atoms with van der Waals surface area (Å²) in [6.45, 7) is 2.32. The first-order valence-electron chi connectivity index (χ1n) is 7.52. The molecule has 1 heterocycles. The Hall–Kier alpha value is -0.870. The minimum Gasteiger partial charge on any atom is -0.381 e. The molecule has 22 heavy (non-hydrogen) atoms. The summed E-state index contributed by atoms with van der Waals surface area (Å²) in [5.41, 5.74) is 2.38. The Morgan fingerprint density at radius 3 is 2.59 bits per heavy atom. The van der Waals surface area contributed by atoms with Gasteiger partial charge >= 0.3 is 0 Å². The molecule has 0 bridgehead atoms. The highest BCUT2D eigenvalue weighted by Gasteiger charge is 2.34. The second-order valence-corrected chi connectivity index (χ2v) is 6.97. The third-order valence-electron chi connectivity index (χ3n) is 4.30. The van der Waals surface area contributed by atoms with Crippen LogP contribution in [0.15, 0.2) is 53.0 Å². The number of ether oxygens (including phenoxy) is 1. The zero-order valence-electron chi connectivity index (χ0n) is 12.3. The van der Waals surface area contributed by atoms with Gasteiger partial charge in [-0.15, -0.1) is 0 Å². The van der Waals surface area contributed by atoms with Crippen molar-refractivity contribution in [1.82, 2.24) is 5.32 Å². The normalized spacial score (nSPS) is 17.4. The van der Waals surface area contributed by atoms with Crippen LogP contribution in [0.5, 0.6) is 0 Å². The SMILES string of the molecule is Clc1ccccc1CNC1(c2cccc(Br)c2)CCOCC1. The van der Waals surface area contributed by atoms with Gasteiger partial charge in [0.1, 0.15) is 0 Å². The lowest BCUT2D eigenvalue weighted by atomic mass is 9.82. The van der Waals surface area contributed by atoms with Gasteiger partial charge in [-0.2, -0.15) is 0 Å². The first-order chi connectivity index (χ1) is 10.7. The monoisotopic (exact) mass is 379 g/mol. The molecule has 0 aliphatic carbocycles. The number of rotatable bonds is 4. The molecule has 1 saturated heterocycles. The Labute approximate surface area is 145 Å². The van der Waals surface area contributed by atoms with Crippen LogP contribution in [-0.4, -0.2) is 13.2 Å². The van der Waals surface area contributed by atoms with Gasteiger partial charge < -0.3 is 10.1 Å². The molecular formula is C18H19BrClNO. The largest absolute Gasteiger partial charge is 0.381 e. The van der Waals surface area contributed by atoms with Gasteiger partial charge in [-0.25, -0.2) is 0 Å². The lowest BCUT2D eigenvalue weighted by molar-refractivity contribution is 0.0358. The van der Waals surface area contributed by atoms with Crippen molar-refractivity contribution in [2.24, 2.45) is 0 Å². The zero-order valence-corrected chi connectivity index (χ0v) is 14.7. The summed E-state index contributed by atoms with van der Waals surface area (Å²) in [4.78, 5) is 0. The number of halogens is 2. The van der Waals surface area contributed by atoms with Crippen molar-refractivity contribution in [3.8, 4) is 0 Å². The van der Waals surface area contributed by atoms with Gasteiger partial charge in [0.05, 0.1) is 0 Å². The molecule has 0 atom stereocenters.